The van der Waals surface area contributed by atoms with Crippen LogP contribution in [0.15, 0.2) is 42.5 Å². The highest BCUT2D eigenvalue weighted by Gasteiger charge is 2.09. The number of carbonyl (C=O) groups is 2. The van der Waals surface area contributed by atoms with Gasteiger partial charge in [-0.3, -0.25) is 9.59 Å². The van der Waals surface area contributed by atoms with E-state index >= 15 is 0 Å². The largest absolute Gasteiger partial charge is 0.352 e. The standard InChI is InChI=1S/C19H18ClN3O2S/c1-12-4-9-15-16(11-12)26-19(22-15)23-17(24)3-2-10-21-18(25)13-5-7-14(20)8-6-13/h4-9,11H,2-3,10H2,1H3,(H,21,25)(H,22,23,24). The number of thiazole rings is 1. The second kappa shape index (κ2) is 8.29. The van der Waals surface area contributed by atoms with Crippen LogP contribution in [0, 0.1) is 6.92 Å². The molecule has 3 aromatic rings. The molecule has 2 amide bonds. The summed E-state index contributed by atoms with van der Waals surface area (Å²) < 4.78 is 1.05. The van der Waals surface area contributed by atoms with Crippen LogP contribution in [0.3, 0.4) is 0 Å². The lowest BCUT2D eigenvalue weighted by molar-refractivity contribution is -0.116. The molecular weight excluding hydrogens is 370 g/mol. The number of amides is 2. The summed E-state index contributed by atoms with van der Waals surface area (Å²) in [7, 11) is 0. The number of rotatable bonds is 6. The van der Waals surface area contributed by atoms with Crippen molar-refractivity contribution in [2.24, 2.45) is 0 Å². The van der Waals surface area contributed by atoms with Gasteiger partial charge in [-0.25, -0.2) is 4.98 Å². The van der Waals surface area contributed by atoms with Gasteiger partial charge in [0.1, 0.15) is 0 Å². The molecule has 134 valence electrons. The number of halogens is 1. The number of hydrogen-bond acceptors (Lipinski definition) is 4. The van der Waals surface area contributed by atoms with E-state index < -0.39 is 0 Å². The predicted octanol–water partition coefficient (Wildman–Crippen LogP) is 4.41. The van der Waals surface area contributed by atoms with Gasteiger partial charge >= 0.3 is 0 Å². The van der Waals surface area contributed by atoms with Gasteiger partial charge in [0.25, 0.3) is 5.91 Å². The number of hydrogen-bond donors (Lipinski definition) is 2. The Balaban J connectivity index is 1.43. The van der Waals surface area contributed by atoms with Gasteiger partial charge in [-0.1, -0.05) is 29.0 Å². The Morgan fingerprint density at radius 3 is 2.69 bits per heavy atom. The van der Waals surface area contributed by atoms with Crippen molar-refractivity contribution in [3.05, 3.63) is 58.6 Å². The molecule has 0 spiro atoms. The number of nitrogens with one attached hydrogen (secondary N) is 2. The molecule has 0 radical (unpaired) electrons. The van der Waals surface area contributed by atoms with Crippen LogP contribution in [0.5, 0.6) is 0 Å². The number of anilines is 1. The van der Waals surface area contributed by atoms with Crippen LogP contribution in [0.4, 0.5) is 5.13 Å². The van der Waals surface area contributed by atoms with Gasteiger partial charge in [0, 0.05) is 23.6 Å². The van der Waals surface area contributed by atoms with Gasteiger partial charge in [0.15, 0.2) is 5.13 Å². The summed E-state index contributed by atoms with van der Waals surface area (Å²) in [5.74, 6) is -0.287. The van der Waals surface area contributed by atoms with Crippen molar-refractivity contribution in [1.82, 2.24) is 10.3 Å². The van der Waals surface area contributed by atoms with Gasteiger partial charge in [0.05, 0.1) is 10.2 Å². The molecule has 2 N–H and O–H groups in total. The highest BCUT2D eigenvalue weighted by atomic mass is 35.5. The summed E-state index contributed by atoms with van der Waals surface area (Å²) in [6.07, 6.45) is 0.866. The molecule has 7 heteroatoms. The average Bonchev–Trinajstić information content (AvgIpc) is 3.00. The highest BCUT2D eigenvalue weighted by molar-refractivity contribution is 7.22. The molecule has 0 aliphatic carbocycles. The highest BCUT2D eigenvalue weighted by Crippen LogP contribution is 2.26. The number of aromatic nitrogens is 1. The maximum atomic E-state index is 12.0. The fraction of sp³-hybridized carbons (Fsp3) is 0.211. The Hall–Kier alpha value is -2.44. The van der Waals surface area contributed by atoms with E-state index in [-0.39, 0.29) is 11.8 Å². The molecule has 26 heavy (non-hydrogen) atoms. The summed E-state index contributed by atoms with van der Waals surface area (Å²) in [6.45, 7) is 2.45. The van der Waals surface area contributed by atoms with Crippen molar-refractivity contribution in [1.29, 1.82) is 0 Å². The second-order valence-electron chi connectivity index (χ2n) is 5.90. The minimum Gasteiger partial charge on any atom is -0.352 e. The third kappa shape index (κ3) is 4.80. The van der Waals surface area contributed by atoms with Crippen molar-refractivity contribution in [2.75, 3.05) is 11.9 Å². The molecule has 0 fully saturated rings. The SMILES string of the molecule is Cc1ccc2nc(NC(=O)CCCNC(=O)c3ccc(Cl)cc3)sc2c1. The van der Waals surface area contributed by atoms with E-state index in [4.69, 9.17) is 11.6 Å². The molecule has 0 aliphatic rings. The van der Waals surface area contributed by atoms with E-state index in [9.17, 15) is 9.59 Å². The zero-order valence-corrected chi connectivity index (χ0v) is 15.8. The molecule has 1 aromatic heterocycles. The predicted molar refractivity (Wildman–Crippen MR) is 106 cm³/mol. The molecule has 0 saturated carbocycles. The smallest absolute Gasteiger partial charge is 0.251 e. The number of fused-ring (bicyclic) bond motifs is 1. The Bertz CT molecular complexity index is 938. The molecule has 5 nitrogen and oxygen atoms in total. The van der Waals surface area contributed by atoms with Gasteiger partial charge in [-0.2, -0.15) is 0 Å². The van der Waals surface area contributed by atoms with E-state index in [1.54, 1.807) is 24.3 Å². The molecule has 0 aliphatic heterocycles. The van der Waals surface area contributed by atoms with Crippen LogP contribution in [-0.4, -0.2) is 23.3 Å². The first-order chi connectivity index (χ1) is 12.5. The number of benzene rings is 2. The Morgan fingerprint density at radius 2 is 1.92 bits per heavy atom. The minimum atomic E-state index is -0.177. The molecule has 0 bridgehead atoms. The zero-order valence-electron chi connectivity index (χ0n) is 14.2. The van der Waals surface area contributed by atoms with Crippen molar-refractivity contribution in [3.63, 3.8) is 0 Å². The third-order valence-corrected chi connectivity index (χ3v) is 4.95. The maximum Gasteiger partial charge on any atom is 0.251 e. The van der Waals surface area contributed by atoms with Crippen LogP contribution in [0.1, 0.15) is 28.8 Å². The fourth-order valence-electron chi connectivity index (χ4n) is 2.42. The van der Waals surface area contributed by atoms with Gasteiger partial charge in [-0.15, -0.1) is 0 Å². The van der Waals surface area contributed by atoms with E-state index in [0.717, 1.165) is 15.8 Å². The van der Waals surface area contributed by atoms with Crippen molar-refractivity contribution in [3.8, 4) is 0 Å². The quantitative estimate of drug-likeness (QED) is 0.615. The lowest BCUT2D eigenvalue weighted by Crippen LogP contribution is -2.25. The lowest BCUT2D eigenvalue weighted by atomic mass is 10.2. The first kappa shape index (κ1) is 18.4. The monoisotopic (exact) mass is 387 g/mol. The van der Waals surface area contributed by atoms with E-state index in [2.05, 4.69) is 21.7 Å². The molecule has 2 aromatic carbocycles. The third-order valence-electron chi connectivity index (χ3n) is 3.76. The number of nitrogens with zero attached hydrogens (tertiary/aromatic N) is 1. The van der Waals surface area contributed by atoms with Crippen LogP contribution in [-0.2, 0) is 4.79 Å². The summed E-state index contributed by atoms with van der Waals surface area (Å²) in [5, 5.41) is 6.79. The van der Waals surface area contributed by atoms with Crippen LogP contribution in [0.2, 0.25) is 5.02 Å². The number of carbonyl (C=O) groups excluding carboxylic acids is 2. The summed E-state index contributed by atoms with van der Waals surface area (Å²) in [5.41, 5.74) is 2.59. The minimum absolute atomic E-state index is 0.110. The molecule has 3 rings (SSSR count). The molecule has 1 heterocycles. The van der Waals surface area contributed by atoms with Gasteiger partial charge in [-0.05, 0) is 55.3 Å². The van der Waals surface area contributed by atoms with Gasteiger partial charge in [0.2, 0.25) is 5.91 Å². The first-order valence-corrected chi connectivity index (χ1v) is 9.41. The fourth-order valence-corrected chi connectivity index (χ4v) is 3.53. The Kier molecular flexibility index (Phi) is 5.85. The lowest BCUT2D eigenvalue weighted by Gasteiger charge is -2.05. The summed E-state index contributed by atoms with van der Waals surface area (Å²) in [6, 6.07) is 12.7. The maximum absolute atomic E-state index is 12.0. The molecule has 0 saturated heterocycles. The molecule has 0 unspecified atom stereocenters. The summed E-state index contributed by atoms with van der Waals surface area (Å²) in [4.78, 5) is 28.4. The average molecular weight is 388 g/mol. The van der Waals surface area contributed by atoms with Crippen molar-refractivity contribution >= 4 is 50.1 Å². The first-order valence-electron chi connectivity index (χ1n) is 8.22. The molecule has 0 atom stereocenters. The van der Waals surface area contributed by atoms with E-state index in [1.165, 1.54) is 11.3 Å². The van der Waals surface area contributed by atoms with Crippen molar-refractivity contribution < 1.29 is 9.59 Å². The van der Waals surface area contributed by atoms with Crippen LogP contribution >= 0.6 is 22.9 Å². The van der Waals surface area contributed by atoms with Crippen LogP contribution in [0.25, 0.3) is 10.2 Å². The van der Waals surface area contributed by atoms with Gasteiger partial charge < -0.3 is 10.6 Å². The topological polar surface area (TPSA) is 71.1 Å². The zero-order chi connectivity index (χ0) is 18.5. The summed E-state index contributed by atoms with van der Waals surface area (Å²) >= 11 is 7.26. The second-order valence-corrected chi connectivity index (χ2v) is 7.37. The number of aryl methyl sites for hydroxylation is 1. The Labute approximate surface area is 160 Å². The van der Waals surface area contributed by atoms with E-state index in [0.29, 0.717) is 35.1 Å². The van der Waals surface area contributed by atoms with E-state index in [1.807, 2.05) is 19.1 Å². The van der Waals surface area contributed by atoms with Crippen molar-refractivity contribution in [2.45, 2.75) is 19.8 Å². The Morgan fingerprint density at radius 1 is 1.15 bits per heavy atom. The normalized spacial score (nSPS) is 10.7. The molecular formula is C19H18ClN3O2S. The van der Waals surface area contributed by atoms with Crippen LogP contribution < -0.4 is 10.6 Å².